The van der Waals surface area contributed by atoms with Gasteiger partial charge >= 0.3 is 0 Å². The maximum absolute atomic E-state index is 14.1. The van der Waals surface area contributed by atoms with E-state index in [1.165, 1.54) is 19.3 Å². The van der Waals surface area contributed by atoms with Crippen molar-refractivity contribution in [2.24, 2.45) is 23.7 Å². The van der Waals surface area contributed by atoms with Crippen molar-refractivity contribution in [3.05, 3.63) is 12.3 Å². The van der Waals surface area contributed by atoms with Crippen LogP contribution in [0, 0.1) is 23.7 Å². The van der Waals surface area contributed by atoms with Gasteiger partial charge in [-0.15, -0.1) is 0 Å². The van der Waals surface area contributed by atoms with E-state index in [0.29, 0.717) is 11.8 Å². The number of halogens is 1. The first-order valence-corrected chi connectivity index (χ1v) is 6.32. The van der Waals surface area contributed by atoms with Crippen LogP contribution >= 0.6 is 0 Å². The third-order valence-electron chi connectivity index (χ3n) is 4.59. The molecule has 84 valence electrons. The Hall–Kier alpha value is -0.530. The molecule has 0 amide bonds. The summed E-state index contributed by atoms with van der Waals surface area (Å²) in [4.78, 5) is 0. The molecule has 3 aliphatic rings. The molecule has 3 fully saturated rings. The molecule has 1 heterocycles. The summed E-state index contributed by atoms with van der Waals surface area (Å²) in [5.41, 5.74) is 0.966. The number of piperidine rings is 1. The Balaban J connectivity index is 1.74. The van der Waals surface area contributed by atoms with Gasteiger partial charge in [0.15, 0.2) is 0 Å². The molecule has 1 N–H and O–H groups in total. The van der Waals surface area contributed by atoms with Crippen molar-refractivity contribution in [2.75, 3.05) is 6.54 Å². The van der Waals surface area contributed by atoms with Crippen molar-refractivity contribution >= 4 is 0 Å². The highest BCUT2D eigenvalue weighted by atomic mass is 19.1. The van der Waals surface area contributed by atoms with E-state index < -0.39 is 6.17 Å². The van der Waals surface area contributed by atoms with Crippen LogP contribution in [0.25, 0.3) is 0 Å². The van der Waals surface area contributed by atoms with E-state index in [0.717, 1.165) is 31.0 Å². The van der Waals surface area contributed by atoms with Gasteiger partial charge in [-0.2, -0.15) is 0 Å². The minimum atomic E-state index is -0.630. The molecule has 15 heavy (non-hydrogen) atoms. The van der Waals surface area contributed by atoms with Crippen LogP contribution in [-0.4, -0.2) is 12.7 Å². The van der Waals surface area contributed by atoms with Crippen LogP contribution in [0.2, 0.25) is 0 Å². The minimum absolute atomic E-state index is 0.119. The average molecular weight is 209 g/mol. The van der Waals surface area contributed by atoms with Gasteiger partial charge in [0.05, 0.1) is 0 Å². The van der Waals surface area contributed by atoms with Crippen molar-refractivity contribution in [2.45, 2.75) is 38.3 Å². The minimum Gasteiger partial charge on any atom is -0.388 e. The second-order valence-corrected chi connectivity index (χ2v) is 5.61. The van der Waals surface area contributed by atoms with Crippen LogP contribution in [0.5, 0.6) is 0 Å². The predicted molar refractivity (Wildman–Crippen MR) is 59.1 cm³/mol. The van der Waals surface area contributed by atoms with Crippen molar-refractivity contribution in [3.8, 4) is 0 Å². The standard InChI is InChI=1S/C13H20FN/c1-8-13-10(4-5-15-8)6-11(7-12(13)14)9-2-3-9/h9-13,15H,1-7H2/t10-,11?,12?,13?/m1/s1. The Bertz CT molecular complexity index is 272. The number of rotatable bonds is 1. The molecule has 2 heteroatoms. The Morgan fingerprint density at radius 1 is 1.07 bits per heavy atom. The molecule has 0 aromatic rings. The molecule has 0 aromatic carbocycles. The Kier molecular flexibility index (Phi) is 2.26. The van der Waals surface area contributed by atoms with Gasteiger partial charge in [0.2, 0.25) is 0 Å². The number of hydrogen-bond acceptors (Lipinski definition) is 1. The fraction of sp³-hybridized carbons (Fsp3) is 0.846. The third kappa shape index (κ3) is 1.68. The molecule has 1 nitrogen and oxygen atoms in total. The molecule has 2 saturated carbocycles. The zero-order chi connectivity index (χ0) is 10.4. The molecule has 2 aliphatic carbocycles. The highest BCUT2D eigenvalue weighted by molar-refractivity contribution is 5.10. The largest absolute Gasteiger partial charge is 0.388 e. The lowest BCUT2D eigenvalue weighted by Gasteiger charge is -2.43. The summed E-state index contributed by atoms with van der Waals surface area (Å²) in [5.74, 6) is 2.25. The lowest BCUT2D eigenvalue weighted by molar-refractivity contribution is 0.0633. The third-order valence-corrected chi connectivity index (χ3v) is 4.59. The van der Waals surface area contributed by atoms with Crippen LogP contribution in [0.15, 0.2) is 12.3 Å². The Labute approximate surface area is 91.1 Å². The van der Waals surface area contributed by atoms with Gasteiger partial charge in [-0.25, -0.2) is 4.39 Å². The quantitative estimate of drug-likeness (QED) is 0.700. The topological polar surface area (TPSA) is 12.0 Å². The number of fused-ring (bicyclic) bond motifs is 1. The zero-order valence-electron chi connectivity index (χ0n) is 9.21. The van der Waals surface area contributed by atoms with Crippen molar-refractivity contribution in [1.82, 2.24) is 5.32 Å². The van der Waals surface area contributed by atoms with Gasteiger partial charge in [-0.1, -0.05) is 6.58 Å². The first-order valence-electron chi connectivity index (χ1n) is 6.32. The van der Waals surface area contributed by atoms with Gasteiger partial charge in [0.1, 0.15) is 6.17 Å². The fourth-order valence-corrected chi connectivity index (χ4v) is 3.65. The molecule has 3 unspecified atom stereocenters. The number of hydrogen-bond donors (Lipinski definition) is 1. The van der Waals surface area contributed by atoms with E-state index >= 15 is 0 Å². The first-order chi connectivity index (χ1) is 7.25. The Morgan fingerprint density at radius 3 is 2.60 bits per heavy atom. The summed E-state index contributed by atoms with van der Waals surface area (Å²) >= 11 is 0. The van der Waals surface area contributed by atoms with E-state index in [-0.39, 0.29) is 5.92 Å². The lowest BCUT2D eigenvalue weighted by atomic mass is 9.68. The van der Waals surface area contributed by atoms with E-state index in [4.69, 9.17) is 0 Å². The van der Waals surface area contributed by atoms with E-state index in [2.05, 4.69) is 11.9 Å². The number of alkyl halides is 1. The van der Waals surface area contributed by atoms with Gasteiger partial charge in [-0.05, 0) is 49.9 Å². The summed E-state index contributed by atoms with van der Waals surface area (Å²) in [6.45, 7) is 4.99. The van der Waals surface area contributed by atoms with Crippen LogP contribution in [-0.2, 0) is 0 Å². The highest BCUT2D eigenvalue weighted by Gasteiger charge is 2.45. The summed E-state index contributed by atoms with van der Waals surface area (Å²) in [6, 6.07) is 0. The lowest BCUT2D eigenvalue weighted by Crippen LogP contribution is -2.44. The molecular weight excluding hydrogens is 189 g/mol. The molecule has 0 bridgehead atoms. The summed E-state index contributed by atoms with van der Waals surface area (Å²) in [7, 11) is 0. The fourth-order valence-electron chi connectivity index (χ4n) is 3.65. The maximum Gasteiger partial charge on any atom is 0.109 e. The van der Waals surface area contributed by atoms with Crippen molar-refractivity contribution in [1.29, 1.82) is 0 Å². The molecule has 0 spiro atoms. The monoisotopic (exact) mass is 209 g/mol. The van der Waals surface area contributed by atoms with E-state index in [1.807, 2.05) is 0 Å². The van der Waals surface area contributed by atoms with Gasteiger partial charge < -0.3 is 5.32 Å². The predicted octanol–water partition coefficient (Wildman–Crippen LogP) is 2.88. The number of allylic oxidation sites excluding steroid dienone is 1. The molecule has 1 saturated heterocycles. The van der Waals surface area contributed by atoms with Crippen LogP contribution in [0.3, 0.4) is 0 Å². The van der Waals surface area contributed by atoms with Crippen molar-refractivity contribution < 1.29 is 4.39 Å². The maximum atomic E-state index is 14.1. The SMILES string of the molecule is C=C1NCC[C@@H]2CC(C3CC3)CC(F)C12. The first kappa shape index (κ1) is 9.68. The summed E-state index contributed by atoms with van der Waals surface area (Å²) < 4.78 is 14.1. The molecule has 3 rings (SSSR count). The van der Waals surface area contributed by atoms with Crippen LogP contribution < -0.4 is 5.32 Å². The van der Waals surface area contributed by atoms with Gasteiger partial charge in [0.25, 0.3) is 0 Å². The molecular formula is C13H20FN. The summed E-state index contributed by atoms with van der Waals surface area (Å²) in [5, 5.41) is 3.24. The normalized spacial score (nSPS) is 45.8. The van der Waals surface area contributed by atoms with Gasteiger partial charge in [-0.3, -0.25) is 0 Å². The molecule has 0 aromatic heterocycles. The highest BCUT2D eigenvalue weighted by Crippen LogP contribution is 2.50. The summed E-state index contributed by atoms with van der Waals surface area (Å²) in [6.07, 6.45) is 5.28. The van der Waals surface area contributed by atoms with E-state index in [1.54, 1.807) is 0 Å². The van der Waals surface area contributed by atoms with Crippen molar-refractivity contribution in [3.63, 3.8) is 0 Å². The Morgan fingerprint density at radius 2 is 1.87 bits per heavy atom. The second kappa shape index (κ2) is 3.50. The average Bonchev–Trinajstić information content (AvgIpc) is 3.00. The number of nitrogens with one attached hydrogen (secondary N) is 1. The smallest absolute Gasteiger partial charge is 0.109 e. The molecule has 1 aliphatic heterocycles. The second-order valence-electron chi connectivity index (χ2n) is 5.61. The molecule has 4 atom stereocenters. The van der Waals surface area contributed by atoms with Crippen LogP contribution in [0.1, 0.15) is 32.1 Å². The molecule has 0 radical (unpaired) electrons. The zero-order valence-corrected chi connectivity index (χ0v) is 9.21. The van der Waals surface area contributed by atoms with E-state index in [9.17, 15) is 4.39 Å². The van der Waals surface area contributed by atoms with Gasteiger partial charge in [0, 0.05) is 18.2 Å². The van der Waals surface area contributed by atoms with Crippen LogP contribution in [0.4, 0.5) is 4.39 Å².